The predicted octanol–water partition coefficient (Wildman–Crippen LogP) is 4.95. The van der Waals surface area contributed by atoms with E-state index in [0.717, 1.165) is 0 Å². The SMILES string of the molecule is CC(=C(C)c1ccccc1C)c1ccccc1. The Labute approximate surface area is 104 Å². The Morgan fingerprint density at radius 1 is 0.706 bits per heavy atom. The van der Waals surface area contributed by atoms with E-state index < -0.39 is 0 Å². The van der Waals surface area contributed by atoms with E-state index in [2.05, 4.69) is 75.4 Å². The highest BCUT2D eigenvalue weighted by atomic mass is 14.1. The minimum Gasteiger partial charge on any atom is -0.0622 e. The number of aryl methyl sites for hydroxylation is 1. The van der Waals surface area contributed by atoms with Gasteiger partial charge in [-0.3, -0.25) is 0 Å². The van der Waals surface area contributed by atoms with Crippen molar-refractivity contribution in [2.75, 3.05) is 0 Å². The van der Waals surface area contributed by atoms with Crippen LogP contribution in [-0.2, 0) is 0 Å². The van der Waals surface area contributed by atoms with E-state index in [9.17, 15) is 0 Å². The van der Waals surface area contributed by atoms with Gasteiger partial charge in [0.25, 0.3) is 0 Å². The highest BCUT2D eigenvalue weighted by Crippen LogP contribution is 2.27. The molecule has 0 unspecified atom stereocenters. The van der Waals surface area contributed by atoms with Crippen molar-refractivity contribution < 1.29 is 0 Å². The molecule has 0 heterocycles. The lowest BCUT2D eigenvalue weighted by atomic mass is 9.94. The summed E-state index contributed by atoms with van der Waals surface area (Å²) in [6.45, 7) is 6.55. The van der Waals surface area contributed by atoms with Crippen LogP contribution in [0, 0.1) is 6.92 Å². The van der Waals surface area contributed by atoms with Crippen LogP contribution in [0.5, 0.6) is 0 Å². The van der Waals surface area contributed by atoms with E-state index in [1.807, 2.05) is 0 Å². The van der Waals surface area contributed by atoms with Gasteiger partial charge in [0, 0.05) is 0 Å². The molecule has 0 nitrogen and oxygen atoms in total. The van der Waals surface area contributed by atoms with Crippen LogP contribution < -0.4 is 0 Å². The maximum atomic E-state index is 2.20. The lowest BCUT2D eigenvalue weighted by Crippen LogP contribution is -1.89. The molecule has 0 heteroatoms. The number of allylic oxidation sites excluding steroid dienone is 2. The van der Waals surface area contributed by atoms with Crippen LogP contribution >= 0.6 is 0 Å². The van der Waals surface area contributed by atoms with Gasteiger partial charge in [-0.25, -0.2) is 0 Å². The smallest absolute Gasteiger partial charge is 0.0195 e. The summed E-state index contributed by atoms with van der Waals surface area (Å²) in [6, 6.07) is 19.1. The molecule has 0 aliphatic carbocycles. The van der Waals surface area contributed by atoms with Crippen LogP contribution in [0.15, 0.2) is 54.6 Å². The second kappa shape index (κ2) is 5.01. The standard InChI is InChI=1S/C17H18/c1-13-9-7-8-12-17(13)15(3)14(2)16-10-5-4-6-11-16/h4-12H,1-3H3. The van der Waals surface area contributed by atoms with Gasteiger partial charge in [-0.1, -0.05) is 54.6 Å². The molecule has 2 rings (SSSR count). The summed E-state index contributed by atoms with van der Waals surface area (Å²) in [5, 5.41) is 0. The minimum absolute atomic E-state index is 1.30. The Hall–Kier alpha value is -1.82. The van der Waals surface area contributed by atoms with Crippen LogP contribution in [0.4, 0.5) is 0 Å². The number of rotatable bonds is 2. The lowest BCUT2D eigenvalue weighted by molar-refractivity contribution is 1.40. The van der Waals surface area contributed by atoms with Crippen molar-refractivity contribution in [3.63, 3.8) is 0 Å². The van der Waals surface area contributed by atoms with Gasteiger partial charge >= 0.3 is 0 Å². The Morgan fingerprint density at radius 2 is 1.29 bits per heavy atom. The summed E-state index contributed by atoms with van der Waals surface area (Å²) >= 11 is 0. The monoisotopic (exact) mass is 222 g/mol. The van der Waals surface area contributed by atoms with Crippen molar-refractivity contribution in [3.8, 4) is 0 Å². The fraction of sp³-hybridized carbons (Fsp3) is 0.176. The van der Waals surface area contributed by atoms with Gasteiger partial charge in [0.2, 0.25) is 0 Å². The number of hydrogen-bond acceptors (Lipinski definition) is 0. The molecule has 0 radical (unpaired) electrons. The van der Waals surface area contributed by atoms with Crippen LogP contribution in [0.2, 0.25) is 0 Å². The maximum Gasteiger partial charge on any atom is -0.0195 e. The normalized spacial score (nSPS) is 12.2. The molecule has 0 N–H and O–H groups in total. The van der Waals surface area contributed by atoms with Gasteiger partial charge in [0.1, 0.15) is 0 Å². The molecule has 0 spiro atoms. The Kier molecular flexibility index (Phi) is 3.43. The summed E-state index contributed by atoms with van der Waals surface area (Å²) in [7, 11) is 0. The zero-order chi connectivity index (χ0) is 12.3. The highest BCUT2D eigenvalue weighted by molar-refractivity contribution is 5.89. The first kappa shape index (κ1) is 11.7. The molecule has 0 atom stereocenters. The van der Waals surface area contributed by atoms with Crippen LogP contribution in [0.3, 0.4) is 0 Å². The van der Waals surface area contributed by atoms with Crippen molar-refractivity contribution in [1.82, 2.24) is 0 Å². The molecular weight excluding hydrogens is 204 g/mol. The van der Waals surface area contributed by atoms with Crippen LogP contribution in [-0.4, -0.2) is 0 Å². The van der Waals surface area contributed by atoms with Crippen molar-refractivity contribution in [2.24, 2.45) is 0 Å². The summed E-state index contributed by atoms with van der Waals surface area (Å²) in [5.74, 6) is 0. The average Bonchev–Trinajstić information content (AvgIpc) is 2.39. The van der Waals surface area contributed by atoms with Gasteiger partial charge in [-0.05, 0) is 48.6 Å². The molecule has 86 valence electrons. The van der Waals surface area contributed by atoms with Gasteiger partial charge in [0.15, 0.2) is 0 Å². The summed E-state index contributed by atoms with van der Waals surface area (Å²) < 4.78 is 0. The van der Waals surface area contributed by atoms with E-state index >= 15 is 0 Å². The predicted molar refractivity (Wildman–Crippen MR) is 75.8 cm³/mol. The van der Waals surface area contributed by atoms with Gasteiger partial charge in [-0.2, -0.15) is 0 Å². The topological polar surface area (TPSA) is 0 Å². The average molecular weight is 222 g/mol. The van der Waals surface area contributed by atoms with Crippen LogP contribution in [0.25, 0.3) is 11.1 Å². The second-order valence-corrected chi connectivity index (χ2v) is 4.43. The van der Waals surface area contributed by atoms with E-state index in [4.69, 9.17) is 0 Å². The fourth-order valence-electron chi connectivity index (χ4n) is 2.10. The quantitative estimate of drug-likeness (QED) is 0.631. The molecule has 0 fully saturated rings. The van der Waals surface area contributed by atoms with E-state index in [-0.39, 0.29) is 0 Å². The first-order valence-corrected chi connectivity index (χ1v) is 5.99. The molecule has 0 aliphatic heterocycles. The van der Waals surface area contributed by atoms with E-state index in [1.54, 1.807) is 0 Å². The second-order valence-electron chi connectivity index (χ2n) is 4.43. The molecule has 0 aliphatic rings. The molecule has 0 aromatic heterocycles. The Morgan fingerprint density at radius 3 is 1.94 bits per heavy atom. The van der Waals surface area contributed by atoms with Gasteiger partial charge < -0.3 is 0 Å². The minimum atomic E-state index is 1.30. The molecular formula is C17H18. The summed E-state index contributed by atoms with van der Waals surface area (Å²) in [6.07, 6.45) is 0. The molecule has 0 bridgehead atoms. The molecule has 0 saturated heterocycles. The third-order valence-corrected chi connectivity index (χ3v) is 3.32. The summed E-state index contributed by atoms with van der Waals surface area (Å²) in [5.41, 5.74) is 6.68. The van der Waals surface area contributed by atoms with Crippen molar-refractivity contribution in [3.05, 3.63) is 71.3 Å². The Bertz CT molecular complexity index is 533. The number of hydrogen-bond donors (Lipinski definition) is 0. The highest BCUT2D eigenvalue weighted by Gasteiger charge is 2.04. The van der Waals surface area contributed by atoms with E-state index in [1.165, 1.54) is 27.8 Å². The molecule has 2 aromatic rings. The van der Waals surface area contributed by atoms with Crippen molar-refractivity contribution in [2.45, 2.75) is 20.8 Å². The zero-order valence-corrected chi connectivity index (χ0v) is 10.7. The van der Waals surface area contributed by atoms with Crippen LogP contribution in [0.1, 0.15) is 30.5 Å². The first-order chi connectivity index (χ1) is 8.20. The zero-order valence-electron chi connectivity index (χ0n) is 10.7. The van der Waals surface area contributed by atoms with Crippen molar-refractivity contribution in [1.29, 1.82) is 0 Å². The lowest BCUT2D eigenvalue weighted by Gasteiger charge is -2.11. The summed E-state index contributed by atoms with van der Waals surface area (Å²) in [4.78, 5) is 0. The maximum absolute atomic E-state index is 2.20. The molecule has 17 heavy (non-hydrogen) atoms. The number of benzene rings is 2. The third kappa shape index (κ3) is 2.47. The molecule has 2 aromatic carbocycles. The molecule has 0 saturated carbocycles. The van der Waals surface area contributed by atoms with E-state index in [0.29, 0.717) is 0 Å². The largest absolute Gasteiger partial charge is 0.0622 e. The third-order valence-electron chi connectivity index (χ3n) is 3.32. The van der Waals surface area contributed by atoms with Crippen molar-refractivity contribution >= 4 is 11.1 Å². The fourth-order valence-corrected chi connectivity index (χ4v) is 2.10. The van der Waals surface area contributed by atoms with Gasteiger partial charge in [0.05, 0.1) is 0 Å². The first-order valence-electron chi connectivity index (χ1n) is 5.99. The van der Waals surface area contributed by atoms with Gasteiger partial charge in [-0.15, -0.1) is 0 Å². The molecule has 0 amide bonds. The Balaban J connectivity index is 2.50.